The molecule has 0 aromatic rings. The van der Waals surface area contributed by atoms with Crippen molar-refractivity contribution in [2.45, 2.75) is 54.4 Å². The van der Waals surface area contributed by atoms with Gasteiger partial charge in [-0.05, 0) is 37.8 Å². The molecule has 0 aliphatic carbocycles. The molecule has 0 aliphatic heterocycles. The van der Waals surface area contributed by atoms with Crippen molar-refractivity contribution < 1.29 is 4.74 Å². The van der Waals surface area contributed by atoms with Crippen molar-refractivity contribution in [3.05, 3.63) is 12.3 Å². The maximum absolute atomic E-state index is 5.91. The van der Waals surface area contributed by atoms with Crippen LogP contribution in [0.5, 0.6) is 0 Å². The molecule has 0 amide bonds. The zero-order chi connectivity index (χ0) is 15.3. The van der Waals surface area contributed by atoms with Gasteiger partial charge in [0.2, 0.25) is 0 Å². The summed E-state index contributed by atoms with van der Waals surface area (Å²) in [6.45, 7) is 19.7. The number of hydrogen-bond donors (Lipinski definition) is 0. The smallest absolute Gasteiger partial charge is 0.0924 e. The lowest BCUT2D eigenvalue weighted by Gasteiger charge is -2.36. The minimum absolute atomic E-state index is 0.200. The molecule has 0 rings (SSSR count). The van der Waals surface area contributed by atoms with E-state index in [0.717, 1.165) is 31.8 Å². The van der Waals surface area contributed by atoms with Crippen LogP contribution in [0.2, 0.25) is 0 Å². The SMILES string of the molecule is C=C(OCCCN(C)C)C(CC(C)(C)C)C(C)(C)C. The van der Waals surface area contributed by atoms with E-state index in [4.69, 9.17) is 4.74 Å². The Labute approximate surface area is 121 Å². The summed E-state index contributed by atoms with van der Waals surface area (Å²) in [5, 5.41) is 0. The number of allylic oxidation sites excluding steroid dienone is 1. The Hall–Kier alpha value is -0.500. The van der Waals surface area contributed by atoms with E-state index >= 15 is 0 Å². The van der Waals surface area contributed by atoms with Gasteiger partial charge in [-0.2, -0.15) is 0 Å². The molecule has 0 radical (unpaired) electrons. The molecule has 0 aromatic carbocycles. The van der Waals surface area contributed by atoms with Crippen LogP contribution < -0.4 is 0 Å². The highest BCUT2D eigenvalue weighted by Gasteiger charge is 2.32. The topological polar surface area (TPSA) is 12.5 Å². The average Bonchev–Trinajstić information content (AvgIpc) is 2.17. The summed E-state index contributed by atoms with van der Waals surface area (Å²) in [7, 11) is 4.18. The van der Waals surface area contributed by atoms with E-state index in [2.05, 4.69) is 67.1 Å². The Morgan fingerprint density at radius 1 is 1.11 bits per heavy atom. The Balaban J connectivity index is 4.41. The Morgan fingerprint density at radius 3 is 2.00 bits per heavy atom. The second kappa shape index (κ2) is 7.33. The van der Waals surface area contributed by atoms with E-state index in [0.29, 0.717) is 11.3 Å². The largest absolute Gasteiger partial charge is 0.498 e. The van der Waals surface area contributed by atoms with Crippen LogP contribution in [-0.2, 0) is 4.74 Å². The number of hydrogen-bond acceptors (Lipinski definition) is 2. The lowest BCUT2D eigenvalue weighted by molar-refractivity contribution is 0.0960. The highest BCUT2D eigenvalue weighted by molar-refractivity contribution is 4.99. The Kier molecular flexibility index (Phi) is 7.13. The highest BCUT2D eigenvalue weighted by Crippen LogP contribution is 2.40. The molecule has 19 heavy (non-hydrogen) atoms. The quantitative estimate of drug-likeness (QED) is 0.496. The van der Waals surface area contributed by atoms with Gasteiger partial charge in [0.05, 0.1) is 12.4 Å². The van der Waals surface area contributed by atoms with Crippen LogP contribution in [0.3, 0.4) is 0 Å². The third-order valence-electron chi connectivity index (χ3n) is 3.29. The van der Waals surface area contributed by atoms with E-state index in [1.807, 2.05) is 0 Å². The molecule has 0 bridgehead atoms. The average molecular weight is 269 g/mol. The van der Waals surface area contributed by atoms with E-state index in [-0.39, 0.29) is 5.41 Å². The fraction of sp³-hybridized carbons (Fsp3) is 0.882. The van der Waals surface area contributed by atoms with Crippen LogP contribution in [0.4, 0.5) is 0 Å². The molecule has 0 heterocycles. The van der Waals surface area contributed by atoms with Crippen molar-refractivity contribution in [3.8, 4) is 0 Å². The molecule has 0 spiro atoms. The normalized spacial score (nSPS) is 14.6. The van der Waals surface area contributed by atoms with Gasteiger partial charge in [0.1, 0.15) is 0 Å². The first-order valence-corrected chi connectivity index (χ1v) is 7.40. The predicted molar refractivity (Wildman–Crippen MR) is 85.3 cm³/mol. The first kappa shape index (κ1) is 18.5. The van der Waals surface area contributed by atoms with Gasteiger partial charge >= 0.3 is 0 Å². The summed E-state index contributed by atoms with van der Waals surface area (Å²) in [6.07, 6.45) is 2.17. The molecule has 0 saturated heterocycles. The predicted octanol–water partition coefficient (Wildman–Crippen LogP) is 4.57. The lowest BCUT2D eigenvalue weighted by atomic mass is 9.71. The summed E-state index contributed by atoms with van der Waals surface area (Å²) < 4.78 is 5.91. The molecule has 1 unspecified atom stereocenters. The second-order valence-corrected chi connectivity index (χ2v) is 8.15. The minimum Gasteiger partial charge on any atom is -0.498 e. The van der Waals surface area contributed by atoms with E-state index in [1.54, 1.807) is 0 Å². The highest BCUT2D eigenvalue weighted by atomic mass is 16.5. The maximum Gasteiger partial charge on any atom is 0.0924 e. The molecule has 114 valence electrons. The molecule has 1 atom stereocenters. The molecule has 0 aliphatic rings. The van der Waals surface area contributed by atoms with E-state index in [9.17, 15) is 0 Å². The zero-order valence-electron chi connectivity index (χ0n) is 14.5. The fourth-order valence-electron chi connectivity index (χ4n) is 2.20. The van der Waals surface area contributed by atoms with Gasteiger partial charge in [0, 0.05) is 12.5 Å². The van der Waals surface area contributed by atoms with Crippen LogP contribution in [0.15, 0.2) is 12.3 Å². The van der Waals surface area contributed by atoms with Gasteiger partial charge in [-0.15, -0.1) is 0 Å². The van der Waals surface area contributed by atoms with Crippen molar-refractivity contribution in [1.29, 1.82) is 0 Å². The standard InChI is InChI=1S/C17H35NO/c1-14(19-12-10-11-18(8)9)15(17(5,6)7)13-16(2,3)4/h15H,1,10-13H2,2-9H3. The monoisotopic (exact) mass is 269 g/mol. The number of nitrogens with zero attached hydrogens (tertiary/aromatic N) is 1. The molecular formula is C17H35NO. The van der Waals surface area contributed by atoms with Crippen molar-refractivity contribution in [2.75, 3.05) is 27.2 Å². The third kappa shape index (κ3) is 9.10. The summed E-state index contributed by atoms with van der Waals surface area (Å²) in [5.74, 6) is 1.37. The summed E-state index contributed by atoms with van der Waals surface area (Å²) in [5.41, 5.74) is 0.500. The van der Waals surface area contributed by atoms with Crippen LogP contribution in [0, 0.1) is 16.7 Å². The van der Waals surface area contributed by atoms with E-state index in [1.165, 1.54) is 0 Å². The first-order chi connectivity index (χ1) is 8.43. The van der Waals surface area contributed by atoms with Gasteiger partial charge in [-0.1, -0.05) is 48.1 Å². The Morgan fingerprint density at radius 2 is 1.63 bits per heavy atom. The van der Waals surface area contributed by atoms with Crippen LogP contribution in [0.25, 0.3) is 0 Å². The molecule has 0 N–H and O–H groups in total. The maximum atomic E-state index is 5.91. The van der Waals surface area contributed by atoms with Gasteiger partial charge in [0.15, 0.2) is 0 Å². The van der Waals surface area contributed by atoms with Crippen molar-refractivity contribution in [3.63, 3.8) is 0 Å². The number of ether oxygens (including phenoxy) is 1. The molecule has 0 aromatic heterocycles. The molecule has 2 nitrogen and oxygen atoms in total. The van der Waals surface area contributed by atoms with Gasteiger partial charge < -0.3 is 9.64 Å². The third-order valence-corrected chi connectivity index (χ3v) is 3.29. The molecular weight excluding hydrogens is 234 g/mol. The van der Waals surface area contributed by atoms with Crippen molar-refractivity contribution in [1.82, 2.24) is 4.90 Å². The fourth-order valence-corrected chi connectivity index (χ4v) is 2.20. The molecule has 0 fully saturated rings. The summed E-state index contributed by atoms with van der Waals surface area (Å²) >= 11 is 0. The first-order valence-electron chi connectivity index (χ1n) is 7.40. The van der Waals surface area contributed by atoms with Gasteiger partial charge in [0.25, 0.3) is 0 Å². The van der Waals surface area contributed by atoms with Gasteiger partial charge in [-0.3, -0.25) is 0 Å². The zero-order valence-corrected chi connectivity index (χ0v) is 14.5. The second-order valence-electron chi connectivity index (χ2n) is 8.15. The molecule has 0 saturated carbocycles. The summed E-state index contributed by atoms with van der Waals surface area (Å²) in [6, 6.07) is 0. The Bertz CT molecular complexity index is 268. The van der Waals surface area contributed by atoms with Crippen LogP contribution >= 0.6 is 0 Å². The van der Waals surface area contributed by atoms with Crippen molar-refractivity contribution in [2.24, 2.45) is 16.7 Å². The van der Waals surface area contributed by atoms with Crippen LogP contribution in [0.1, 0.15) is 54.4 Å². The van der Waals surface area contributed by atoms with Crippen molar-refractivity contribution >= 4 is 0 Å². The molecule has 2 heteroatoms. The van der Waals surface area contributed by atoms with E-state index < -0.39 is 0 Å². The van der Waals surface area contributed by atoms with Crippen LogP contribution in [-0.4, -0.2) is 32.1 Å². The van der Waals surface area contributed by atoms with Gasteiger partial charge in [-0.25, -0.2) is 0 Å². The lowest BCUT2D eigenvalue weighted by Crippen LogP contribution is -2.28. The summed E-state index contributed by atoms with van der Waals surface area (Å²) in [4.78, 5) is 2.18. The minimum atomic E-state index is 0.200. The number of rotatable bonds is 7.